The largest absolute Gasteiger partial charge is 0.528 e. The molecular formula is C29H34Cl2FN3O6. The van der Waals surface area contributed by atoms with Crippen molar-refractivity contribution < 1.29 is 33.1 Å². The molecule has 2 amide bonds. The maximum absolute atomic E-state index is 13.6. The SMILES string of the molecule is CN(C(=O)Oc1ccc(F)cc1)[C@H]1CN(C(=O)C2CCN(OC(=O)OC(C)(C)C)CC2)C[C@@H]1c1ccc(Cl)c(Cl)c1. The fraction of sp³-hybridized carbons (Fsp3) is 0.483. The Hall–Kier alpha value is -3.08. The quantitative estimate of drug-likeness (QED) is 0.376. The summed E-state index contributed by atoms with van der Waals surface area (Å²) in [7, 11) is 1.61. The number of likely N-dealkylation sites (N-methyl/N-ethyl adjacent to an activating group) is 1. The van der Waals surface area contributed by atoms with E-state index < -0.39 is 29.7 Å². The zero-order valence-electron chi connectivity index (χ0n) is 23.4. The number of likely N-dealkylation sites (tertiary alicyclic amines) is 1. The van der Waals surface area contributed by atoms with Gasteiger partial charge in [0.05, 0.1) is 16.1 Å². The number of halogens is 3. The maximum Gasteiger partial charge on any atom is 0.528 e. The number of carbonyl (C=O) groups excluding carboxylic acids is 3. The second-order valence-corrected chi connectivity index (χ2v) is 12.1. The fourth-order valence-electron chi connectivity index (χ4n) is 5.07. The summed E-state index contributed by atoms with van der Waals surface area (Å²) in [5, 5.41) is 2.30. The van der Waals surface area contributed by atoms with Crippen LogP contribution in [0, 0.1) is 11.7 Å². The Kier molecular flexibility index (Phi) is 9.66. The van der Waals surface area contributed by atoms with Crippen molar-refractivity contribution in [2.24, 2.45) is 5.92 Å². The van der Waals surface area contributed by atoms with Gasteiger partial charge in [0, 0.05) is 45.1 Å². The standard InChI is InChI=1S/C29H34Cl2FN3O6/c1-29(2,3)40-28(38)41-35-13-11-18(12-14-35)26(36)34-16-22(19-5-10-23(30)24(31)15-19)25(17-34)33(4)27(37)39-21-8-6-20(32)7-9-21/h5-10,15,18,22,25H,11-14,16-17H2,1-4H3/t22-,25+/m1/s1. The van der Waals surface area contributed by atoms with Crippen molar-refractivity contribution in [1.29, 1.82) is 0 Å². The number of carbonyl (C=O) groups is 3. The molecule has 0 aliphatic carbocycles. The highest BCUT2D eigenvalue weighted by Gasteiger charge is 2.43. The lowest BCUT2D eigenvalue weighted by Crippen LogP contribution is -2.45. The Labute approximate surface area is 249 Å². The van der Waals surface area contributed by atoms with Crippen LogP contribution in [0.15, 0.2) is 42.5 Å². The van der Waals surface area contributed by atoms with E-state index in [4.69, 9.17) is 37.5 Å². The second kappa shape index (κ2) is 12.8. The first-order valence-electron chi connectivity index (χ1n) is 13.4. The van der Waals surface area contributed by atoms with Gasteiger partial charge < -0.3 is 24.1 Å². The molecule has 2 aromatic rings. The van der Waals surface area contributed by atoms with Crippen molar-refractivity contribution in [3.63, 3.8) is 0 Å². The summed E-state index contributed by atoms with van der Waals surface area (Å²) >= 11 is 12.5. The number of hydrogen-bond donors (Lipinski definition) is 0. The lowest BCUT2D eigenvalue weighted by Gasteiger charge is -2.32. The predicted molar refractivity (Wildman–Crippen MR) is 151 cm³/mol. The summed E-state index contributed by atoms with van der Waals surface area (Å²) in [6.45, 7) is 6.71. The second-order valence-electron chi connectivity index (χ2n) is 11.3. The van der Waals surface area contributed by atoms with E-state index >= 15 is 0 Å². The summed E-state index contributed by atoms with van der Waals surface area (Å²) in [6, 6.07) is 10.0. The van der Waals surface area contributed by atoms with Crippen LogP contribution >= 0.6 is 23.2 Å². The lowest BCUT2D eigenvalue weighted by atomic mass is 9.93. The Morgan fingerprint density at radius 3 is 2.24 bits per heavy atom. The molecule has 0 saturated carbocycles. The van der Waals surface area contributed by atoms with Crippen LogP contribution in [0.3, 0.4) is 0 Å². The van der Waals surface area contributed by atoms with E-state index in [9.17, 15) is 18.8 Å². The first-order chi connectivity index (χ1) is 19.3. The lowest BCUT2D eigenvalue weighted by molar-refractivity contribution is -0.161. The Morgan fingerprint density at radius 1 is 0.976 bits per heavy atom. The summed E-state index contributed by atoms with van der Waals surface area (Å²) in [6.07, 6.45) is -0.399. The summed E-state index contributed by atoms with van der Waals surface area (Å²) < 4.78 is 24.0. The van der Waals surface area contributed by atoms with E-state index in [1.807, 2.05) is 6.07 Å². The monoisotopic (exact) mass is 609 g/mol. The van der Waals surface area contributed by atoms with Crippen molar-refractivity contribution in [2.75, 3.05) is 33.2 Å². The molecular weight excluding hydrogens is 576 g/mol. The average molecular weight is 611 g/mol. The number of ether oxygens (including phenoxy) is 2. The number of rotatable bonds is 5. The van der Waals surface area contributed by atoms with Gasteiger partial charge in [-0.2, -0.15) is 0 Å². The number of benzene rings is 2. The van der Waals surface area contributed by atoms with Crippen molar-refractivity contribution in [3.8, 4) is 5.75 Å². The van der Waals surface area contributed by atoms with Crippen LogP contribution in [0.2, 0.25) is 10.0 Å². The zero-order chi connectivity index (χ0) is 29.9. The predicted octanol–water partition coefficient (Wildman–Crippen LogP) is 6.14. The molecule has 9 nitrogen and oxygen atoms in total. The first kappa shape index (κ1) is 30.9. The van der Waals surface area contributed by atoms with Crippen LogP contribution in [0.4, 0.5) is 14.0 Å². The smallest absolute Gasteiger partial charge is 0.427 e. The molecule has 41 heavy (non-hydrogen) atoms. The van der Waals surface area contributed by atoms with Gasteiger partial charge in [0.25, 0.3) is 0 Å². The minimum atomic E-state index is -0.773. The van der Waals surface area contributed by atoms with Crippen LogP contribution in [0.1, 0.15) is 45.1 Å². The summed E-state index contributed by atoms with van der Waals surface area (Å²) in [5.74, 6) is -0.784. The van der Waals surface area contributed by atoms with Gasteiger partial charge >= 0.3 is 12.2 Å². The first-order valence-corrected chi connectivity index (χ1v) is 14.2. The van der Waals surface area contributed by atoms with E-state index in [1.165, 1.54) is 34.2 Å². The third kappa shape index (κ3) is 8.02. The number of hydrogen-bond acceptors (Lipinski definition) is 7. The van der Waals surface area contributed by atoms with Gasteiger partial charge in [0.15, 0.2) is 0 Å². The van der Waals surface area contributed by atoms with Gasteiger partial charge in [-0.3, -0.25) is 4.79 Å². The third-order valence-electron chi connectivity index (χ3n) is 7.17. The third-order valence-corrected chi connectivity index (χ3v) is 7.91. The van der Waals surface area contributed by atoms with Crippen molar-refractivity contribution in [2.45, 2.75) is 51.2 Å². The highest BCUT2D eigenvalue weighted by atomic mass is 35.5. The highest BCUT2D eigenvalue weighted by Crippen LogP contribution is 2.36. The molecule has 2 heterocycles. The molecule has 222 valence electrons. The molecule has 2 atom stereocenters. The molecule has 0 radical (unpaired) electrons. The van der Waals surface area contributed by atoms with Crippen LogP contribution < -0.4 is 4.74 Å². The van der Waals surface area contributed by atoms with Crippen LogP contribution in [0.5, 0.6) is 5.75 Å². The number of nitrogens with zero attached hydrogens (tertiary/aromatic N) is 3. The average Bonchev–Trinajstić information content (AvgIpc) is 3.35. The summed E-state index contributed by atoms with van der Waals surface area (Å²) in [4.78, 5) is 47.2. The van der Waals surface area contributed by atoms with Crippen LogP contribution in [0.25, 0.3) is 0 Å². The topological polar surface area (TPSA) is 88.6 Å². The Bertz CT molecular complexity index is 1260. The number of amides is 2. The minimum Gasteiger partial charge on any atom is -0.427 e. The molecule has 0 N–H and O–H groups in total. The van der Waals surface area contributed by atoms with Gasteiger partial charge in [0.2, 0.25) is 5.91 Å². The van der Waals surface area contributed by atoms with Gasteiger partial charge in [-0.1, -0.05) is 29.3 Å². The molecule has 4 rings (SSSR count). The number of piperidine rings is 1. The van der Waals surface area contributed by atoms with E-state index in [0.717, 1.165) is 5.56 Å². The van der Waals surface area contributed by atoms with Gasteiger partial charge in [0.1, 0.15) is 17.2 Å². The van der Waals surface area contributed by atoms with Crippen LogP contribution in [-0.2, 0) is 14.4 Å². The van der Waals surface area contributed by atoms with E-state index in [0.29, 0.717) is 42.5 Å². The van der Waals surface area contributed by atoms with E-state index in [-0.39, 0.29) is 30.0 Å². The molecule has 0 aromatic heterocycles. The normalized spacial score (nSPS) is 20.0. The molecule has 0 bridgehead atoms. The van der Waals surface area contributed by atoms with Gasteiger partial charge in [-0.25, -0.2) is 14.0 Å². The zero-order valence-corrected chi connectivity index (χ0v) is 25.0. The minimum absolute atomic E-state index is 0.0326. The van der Waals surface area contributed by atoms with Crippen molar-refractivity contribution in [1.82, 2.24) is 14.9 Å². The Balaban J connectivity index is 1.44. The molecule has 2 aromatic carbocycles. The molecule has 2 fully saturated rings. The van der Waals surface area contributed by atoms with Gasteiger partial charge in [-0.15, -0.1) is 5.06 Å². The molecule has 2 saturated heterocycles. The maximum atomic E-state index is 13.6. The molecule has 12 heteroatoms. The van der Waals surface area contributed by atoms with Crippen molar-refractivity contribution in [3.05, 3.63) is 63.9 Å². The van der Waals surface area contributed by atoms with E-state index in [1.54, 1.807) is 44.9 Å². The van der Waals surface area contributed by atoms with Gasteiger partial charge in [-0.05, 0) is 75.6 Å². The Morgan fingerprint density at radius 2 is 1.63 bits per heavy atom. The number of hydroxylamine groups is 2. The summed E-state index contributed by atoms with van der Waals surface area (Å²) in [5.41, 5.74) is 0.169. The molecule has 2 aliphatic heterocycles. The van der Waals surface area contributed by atoms with E-state index in [2.05, 4.69) is 0 Å². The highest BCUT2D eigenvalue weighted by molar-refractivity contribution is 6.42. The fourth-order valence-corrected chi connectivity index (χ4v) is 5.37. The van der Waals surface area contributed by atoms with Crippen LogP contribution in [-0.4, -0.2) is 77.9 Å². The van der Waals surface area contributed by atoms with Crippen molar-refractivity contribution >= 4 is 41.4 Å². The molecule has 0 spiro atoms. The molecule has 0 unspecified atom stereocenters. The molecule has 2 aliphatic rings.